The van der Waals surface area contributed by atoms with E-state index in [4.69, 9.17) is 4.52 Å². The standard InChI is InChI=1S/C15H12BrFN2O3S2/c1-8-14(13-5-6-18-22-13)15(9(2)23-8)24(20,21)19-12-4-3-10(16)7-11(12)17/h3-7,19H,1-2H3. The Hall–Kier alpha value is -1.71. The SMILES string of the molecule is Cc1sc(C)c(S(=O)(=O)Nc2ccc(Br)cc2F)c1-c1ccno1. The second kappa shape index (κ2) is 6.30. The Morgan fingerprint density at radius 2 is 2.00 bits per heavy atom. The van der Waals surface area contributed by atoms with E-state index in [0.717, 1.165) is 4.88 Å². The molecule has 2 heterocycles. The normalized spacial score (nSPS) is 11.7. The molecule has 0 aliphatic rings. The minimum absolute atomic E-state index is 0.0732. The van der Waals surface area contributed by atoms with Gasteiger partial charge in [0.05, 0.1) is 17.4 Å². The van der Waals surface area contributed by atoms with Gasteiger partial charge in [-0.25, -0.2) is 12.8 Å². The van der Waals surface area contributed by atoms with Crippen molar-refractivity contribution < 1.29 is 17.3 Å². The van der Waals surface area contributed by atoms with Gasteiger partial charge < -0.3 is 4.52 Å². The summed E-state index contributed by atoms with van der Waals surface area (Å²) in [5, 5.41) is 3.63. The summed E-state index contributed by atoms with van der Waals surface area (Å²) in [5.41, 5.74) is 0.324. The molecule has 0 unspecified atom stereocenters. The molecule has 2 aromatic heterocycles. The van der Waals surface area contributed by atoms with Crippen LogP contribution in [0, 0.1) is 19.7 Å². The third kappa shape index (κ3) is 3.11. The van der Waals surface area contributed by atoms with Gasteiger partial charge in [-0.15, -0.1) is 11.3 Å². The summed E-state index contributed by atoms with van der Waals surface area (Å²) in [4.78, 5) is 1.44. The van der Waals surface area contributed by atoms with Gasteiger partial charge in [0.15, 0.2) is 5.76 Å². The van der Waals surface area contributed by atoms with Crippen molar-refractivity contribution in [3.8, 4) is 11.3 Å². The van der Waals surface area contributed by atoms with Crippen molar-refractivity contribution in [2.24, 2.45) is 0 Å². The van der Waals surface area contributed by atoms with E-state index in [9.17, 15) is 12.8 Å². The van der Waals surface area contributed by atoms with Crippen LogP contribution in [-0.4, -0.2) is 13.6 Å². The zero-order valence-corrected chi connectivity index (χ0v) is 15.9. The second-order valence-corrected chi connectivity index (χ2v) is 8.99. The van der Waals surface area contributed by atoms with Gasteiger partial charge in [0.25, 0.3) is 10.0 Å². The molecule has 0 saturated heterocycles. The number of hydrogen-bond acceptors (Lipinski definition) is 5. The highest BCUT2D eigenvalue weighted by Crippen LogP contribution is 2.39. The average Bonchev–Trinajstić information content (AvgIpc) is 3.09. The van der Waals surface area contributed by atoms with Crippen molar-refractivity contribution in [3.05, 3.63) is 50.5 Å². The van der Waals surface area contributed by atoms with Crippen LogP contribution in [0.1, 0.15) is 9.75 Å². The van der Waals surface area contributed by atoms with Gasteiger partial charge in [-0.2, -0.15) is 0 Å². The van der Waals surface area contributed by atoms with E-state index >= 15 is 0 Å². The van der Waals surface area contributed by atoms with E-state index in [1.54, 1.807) is 26.0 Å². The predicted molar refractivity (Wildman–Crippen MR) is 94.2 cm³/mol. The van der Waals surface area contributed by atoms with Crippen LogP contribution < -0.4 is 4.72 Å². The topological polar surface area (TPSA) is 72.2 Å². The first-order valence-electron chi connectivity index (χ1n) is 6.78. The molecule has 126 valence electrons. The highest BCUT2D eigenvalue weighted by Gasteiger charge is 2.28. The van der Waals surface area contributed by atoms with Gasteiger partial charge in [-0.05, 0) is 32.0 Å². The molecule has 1 aromatic carbocycles. The van der Waals surface area contributed by atoms with E-state index in [2.05, 4.69) is 25.8 Å². The average molecular weight is 431 g/mol. The lowest BCUT2D eigenvalue weighted by atomic mass is 10.2. The molecule has 3 aromatic rings. The van der Waals surface area contributed by atoms with Crippen molar-refractivity contribution in [2.45, 2.75) is 18.7 Å². The zero-order valence-electron chi connectivity index (χ0n) is 12.6. The molecule has 0 bridgehead atoms. The van der Waals surface area contributed by atoms with Crippen molar-refractivity contribution in [1.29, 1.82) is 0 Å². The molecule has 0 fully saturated rings. The van der Waals surface area contributed by atoms with Gasteiger partial charge in [-0.1, -0.05) is 21.1 Å². The molecule has 0 amide bonds. The minimum atomic E-state index is -4.00. The molecule has 0 atom stereocenters. The molecular weight excluding hydrogens is 419 g/mol. The van der Waals surface area contributed by atoms with Crippen molar-refractivity contribution in [3.63, 3.8) is 0 Å². The molecule has 5 nitrogen and oxygen atoms in total. The molecule has 0 aliphatic heterocycles. The molecule has 3 rings (SSSR count). The van der Waals surface area contributed by atoms with Crippen molar-refractivity contribution in [2.75, 3.05) is 4.72 Å². The number of rotatable bonds is 4. The Balaban J connectivity index is 2.11. The monoisotopic (exact) mass is 430 g/mol. The predicted octanol–water partition coefficient (Wildman–Crippen LogP) is 4.72. The van der Waals surface area contributed by atoms with Crippen LogP contribution in [0.4, 0.5) is 10.1 Å². The number of sulfonamides is 1. The van der Waals surface area contributed by atoms with E-state index in [-0.39, 0.29) is 10.6 Å². The summed E-state index contributed by atoms with van der Waals surface area (Å²) in [7, 11) is -4.00. The maximum absolute atomic E-state index is 14.0. The molecule has 24 heavy (non-hydrogen) atoms. The molecule has 9 heteroatoms. The molecular formula is C15H12BrFN2O3S2. The van der Waals surface area contributed by atoms with Crippen LogP contribution in [0.3, 0.4) is 0 Å². The number of benzene rings is 1. The Kier molecular flexibility index (Phi) is 4.50. The highest BCUT2D eigenvalue weighted by atomic mass is 79.9. The largest absolute Gasteiger partial charge is 0.356 e. The number of anilines is 1. The van der Waals surface area contributed by atoms with Crippen LogP contribution in [0.5, 0.6) is 0 Å². The lowest BCUT2D eigenvalue weighted by Crippen LogP contribution is -2.15. The number of aryl methyl sites for hydroxylation is 2. The van der Waals surface area contributed by atoms with Gasteiger partial charge in [0.2, 0.25) is 0 Å². The van der Waals surface area contributed by atoms with E-state index in [0.29, 0.717) is 20.7 Å². The van der Waals surface area contributed by atoms with Crippen LogP contribution >= 0.6 is 27.3 Å². The molecule has 0 spiro atoms. The second-order valence-electron chi connectivity index (χ2n) is 5.02. The first-order valence-corrected chi connectivity index (χ1v) is 9.88. The lowest BCUT2D eigenvalue weighted by molar-refractivity contribution is 0.431. The number of aromatic nitrogens is 1. The lowest BCUT2D eigenvalue weighted by Gasteiger charge is -2.10. The molecule has 0 radical (unpaired) electrons. The Morgan fingerprint density at radius 1 is 1.25 bits per heavy atom. The fraction of sp³-hybridized carbons (Fsp3) is 0.133. The van der Waals surface area contributed by atoms with Crippen molar-refractivity contribution >= 4 is 43.0 Å². The first kappa shape index (κ1) is 17.1. The minimum Gasteiger partial charge on any atom is -0.356 e. The van der Waals surface area contributed by atoms with Crippen LogP contribution in [-0.2, 0) is 10.0 Å². The quantitative estimate of drug-likeness (QED) is 0.649. The van der Waals surface area contributed by atoms with Crippen LogP contribution in [0.25, 0.3) is 11.3 Å². The Morgan fingerprint density at radius 3 is 2.62 bits per heavy atom. The fourth-order valence-electron chi connectivity index (χ4n) is 2.38. The summed E-state index contributed by atoms with van der Waals surface area (Å²) in [6, 6.07) is 5.71. The fourth-order valence-corrected chi connectivity index (χ4v) is 5.65. The Bertz CT molecular complexity index is 998. The maximum atomic E-state index is 14.0. The number of halogens is 2. The molecule has 1 N–H and O–H groups in total. The number of hydrogen-bond donors (Lipinski definition) is 1. The summed E-state index contributed by atoms with van der Waals surface area (Å²) in [6.45, 7) is 3.50. The van der Waals surface area contributed by atoms with Crippen molar-refractivity contribution in [1.82, 2.24) is 5.16 Å². The van der Waals surface area contributed by atoms with Gasteiger partial charge in [-0.3, -0.25) is 4.72 Å². The maximum Gasteiger partial charge on any atom is 0.263 e. The van der Waals surface area contributed by atoms with Crippen LogP contribution in [0.15, 0.2) is 44.4 Å². The first-order chi connectivity index (χ1) is 11.3. The Labute approximate surface area is 150 Å². The molecule has 0 aliphatic carbocycles. The van der Waals surface area contributed by atoms with Gasteiger partial charge in [0.1, 0.15) is 10.7 Å². The summed E-state index contributed by atoms with van der Waals surface area (Å²) < 4.78 is 47.6. The molecule has 0 saturated carbocycles. The van der Waals surface area contributed by atoms with Gasteiger partial charge >= 0.3 is 0 Å². The van der Waals surface area contributed by atoms with E-state index < -0.39 is 15.8 Å². The smallest absolute Gasteiger partial charge is 0.263 e. The summed E-state index contributed by atoms with van der Waals surface area (Å²) >= 11 is 4.47. The summed E-state index contributed by atoms with van der Waals surface area (Å²) in [6.07, 6.45) is 1.44. The zero-order chi connectivity index (χ0) is 17.5. The highest BCUT2D eigenvalue weighted by molar-refractivity contribution is 9.10. The van der Waals surface area contributed by atoms with Gasteiger partial charge in [0, 0.05) is 20.3 Å². The van der Waals surface area contributed by atoms with E-state index in [1.165, 1.54) is 29.7 Å². The number of nitrogens with one attached hydrogen (secondary N) is 1. The number of nitrogens with zero attached hydrogens (tertiary/aromatic N) is 1. The van der Waals surface area contributed by atoms with Crippen LogP contribution in [0.2, 0.25) is 0 Å². The number of thiophene rings is 1. The summed E-state index contributed by atoms with van der Waals surface area (Å²) in [5.74, 6) is -0.313. The van der Waals surface area contributed by atoms with E-state index in [1.807, 2.05) is 0 Å². The third-order valence-corrected chi connectivity index (χ3v) is 6.51. The third-order valence-electron chi connectivity index (χ3n) is 3.33.